The molecule has 0 saturated carbocycles. The zero-order chi connectivity index (χ0) is 18.4. The Labute approximate surface area is 144 Å². The van der Waals surface area contributed by atoms with Crippen LogP contribution in [0.25, 0.3) is 0 Å². The van der Waals surface area contributed by atoms with Crippen molar-refractivity contribution in [2.75, 3.05) is 6.54 Å². The highest BCUT2D eigenvalue weighted by Crippen LogP contribution is 2.13. The maximum absolute atomic E-state index is 12.1. The Morgan fingerprint density at radius 3 is 2.21 bits per heavy atom. The van der Waals surface area contributed by atoms with Gasteiger partial charge in [0.05, 0.1) is 12.0 Å². The Balaban J connectivity index is 2.45. The molecule has 1 aromatic carbocycles. The van der Waals surface area contributed by atoms with E-state index in [1.807, 2.05) is 53.7 Å². The average Bonchev–Trinajstić information content (AvgIpc) is 2.40. The summed E-state index contributed by atoms with van der Waals surface area (Å²) in [5, 5.41) is 3.18. The van der Waals surface area contributed by atoms with Crippen LogP contribution >= 0.6 is 0 Å². The summed E-state index contributed by atoms with van der Waals surface area (Å²) < 4.78 is 10.6. The molecule has 0 aliphatic heterocycles. The first-order valence-corrected chi connectivity index (χ1v) is 8.21. The van der Waals surface area contributed by atoms with Crippen molar-refractivity contribution in [3.05, 3.63) is 35.4 Å². The lowest BCUT2D eigenvalue weighted by molar-refractivity contribution is -0.154. The lowest BCUT2D eigenvalue weighted by Crippen LogP contribution is -2.26. The Morgan fingerprint density at radius 1 is 1.00 bits per heavy atom. The van der Waals surface area contributed by atoms with Gasteiger partial charge in [0.25, 0.3) is 0 Å². The Hall–Kier alpha value is -1.88. The number of hydrogen-bond acceptors (Lipinski definition) is 5. The van der Waals surface area contributed by atoms with Crippen molar-refractivity contribution in [3.63, 3.8) is 0 Å². The van der Waals surface area contributed by atoms with E-state index < -0.39 is 11.2 Å². The van der Waals surface area contributed by atoms with E-state index in [4.69, 9.17) is 9.47 Å². The molecular formula is C19H29NO4. The third kappa shape index (κ3) is 8.67. The Morgan fingerprint density at radius 2 is 1.62 bits per heavy atom. The standard InChI is InChI=1S/C19H29NO4/c1-18(2,3)23-16(21)10-11-20-13-14-8-7-9-15(12-14)17(22)24-19(4,5)6/h7-9,12,20H,10-11,13H2,1-6H3. The smallest absolute Gasteiger partial charge is 0.338 e. The van der Waals surface area contributed by atoms with E-state index in [9.17, 15) is 9.59 Å². The van der Waals surface area contributed by atoms with Crippen molar-refractivity contribution in [2.24, 2.45) is 0 Å². The van der Waals surface area contributed by atoms with Crippen LogP contribution < -0.4 is 5.32 Å². The van der Waals surface area contributed by atoms with Gasteiger partial charge in [0.2, 0.25) is 0 Å². The van der Waals surface area contributed by atoms with Gasteiger partial charge in [0, 0.05) is 13.1 Å². The van der Waals surface area contributed by atoms with Crippen LogP contribution in [-0.4, -0.2) is 29.7 Å². The summed E-state index contributed by atoms with van der Waals surface area (Å²) in [6.07, 6.45) is 0.309. The summed E-state index contributed by atoms with van der Waals surface area (Å²) in [6, 6.07) is 7.28. The van der Waals surface area contributed by atoms with Gasteiger partial charge in [-0.2, -0.15) is 0 Å². The van der Waals surface area contributed by atoms with Gasteiger partial charge in [-0.1, -0.05) is 12.1 Å². The summed E-state index contributed by atoms with van der Waals surface area (Å²) in [4.78, 5) is 23.7. The predicted molar refractivity (Wildman–Crippen MR) is 93.8 cm³/mol. The average molecular weight is 335 g/mol. The second-order valence-corrected chi connectivity index (χ2v) is 7.72. The molecule has 0 aliphatic carbocycles. The van der Waals surface area contributed by atoms with Gasteiger partial charge < -0.3 is 14.8 Å². The fraction of sp³-hybridized carbons (Fsp3) is 0.579. The molecule has 1 aromatic rings. The first-order chi connectivity index (χ1) is 11.0. The van der Waals surface area contributed by atoms with Gasteiger partial charge in [-0.15, -0.1) is 0 Å². The minimum absolute atomic E-state index is 0.225. The highest BCUT2D eigenvalue weighted by atomic mass is 16.6. The molecule has 0 spiro atoms. The van der Waals surface area contributed by atoms with Crippen molar-refractivity contribution in [2.45, 2.75) is 65.7 Å². The number of benzene rings is 1. The van der Waals surface area contributed by atoms with Crippen molar-refractivity contribution in [3.8, 4) is 0 Å². The summed E-state index contributed by atoms with van der Waals surface area (Å²) in [7, 11) is 0. The first kappa shape index (κ1) is 20.2. The van der Waals surface area contributed by atoms with Crippen LogP contribution in [0.5, 0.6) is 0 Å². The van der Waals surface area contributed by atoms with E-state index in [1.54, 1.807) is 12.1 Å². The third-order valence-corrected chi connectivity index (χ3v) is 2.82. The highest BCUT2D eigenvalue weighted by molar-refractivity contribution is 5.89. The maximum atomic E-state index is 12.1. The summed E-state index contributed by atoms with van der Waals surface area (Å²) in [5.74, 6) is -0.560. The van der Waals surface area contributed by atoms with Crippen molar-refractivity contribution in [1.29, 1.82) is 0 Å². The van der Waals surface area contributed by atoms with Crippen LogP contribution in [0.3, 0.4) is 0 Å². The van der Waals surface area contributed by atoms with Crippen LogP contribution in [0.1, 0.15) is 63.9 Å². The molecule has 1 N–H and O–H groups in total. The molecule has 0 unspecified atom stereocenters. The van der Waals surface area contributed by atoms with Crippen molar-refractivity contribution < 1.29 is 19.1 Å². The number of nitrogens with one attached hydrogen (secondary N) is 1. The Kier molecular flexibility index (Phi) is 6.96. The van der Waals surface area contributed by atoms with Crippen LogP contribution in [0, 0.1) is 0 Å². The third-order valence-electron chi connectivity index (χ3n) is 2.82. The van der Waals surface area contributed by atoms with E-state index >= 15 is 0 Å². The number of ether oxygens (including phenoxy) is 2. The van der Waals surface area contributed by atoms with Gasteiger partial charge >= 0.3 is 11.9 Å². The quantitative estimate of drug-likeness (QED) is 0.637. The van der Waals surface area contributed by atoms with Crippen LogP contribution in [-0.2, 0) is 20.8 Å². The molecule has 0 heterocycles. The molecule has 0 aliphatic rings. The fourth-order valence-corrected chi connectivity index (χ4v) is 1.96. The van der Waals surface area contributed by atoms with E-state index in [-0.39, 0.29) is 11.9 Å². The van der Waals surface area contributed by atoms with E-state index in [0.717, 1.165) is 5.56 Å². The largest absolute Gasteiger partial charge is 0.460 e. The molecule has 1 rings (SSSR count). The van der Waals surface area contributed by atoms with Crippen LogP contribution in [0.2, 0.25) is 0 Å². The molecule has 0 bridgehead atoms. The van der Waals surface area contributed by atoms with Gasteiger partial charge in [0.15, 0.2) is 0 Å². The summed E-state index contributed by atoms with van der Waals surface area (Å²) in [5.41, 5.74) is 0.510. The lowest BCUT2D eigenvalue weighted by atomic mass is 10.1. The fourth-order valence-electron chi connectivity index (χ4n) is 1.96. The molecule has 0 atom stereocenters. The van der Waals surface area contributed by atoms with E-state index in [0.29, 0.717) is 25.1 Å². The number of hydrogen-bond donors (Lipinski definition) is 1. The Bertz CT molecular complexity index is 567. The maximum Gasteiger partial charge on any atom is 0.338 e. The van der Waals surface area contributed by atoms with Crippen LogP contribution in [0.4, 0.5) is 0 Å². The van der Waals surface area contributed by atoms with Gasteiger partial charge in [-0.05, 0) is 59.2 Å². The molecule has 24 heavy (non-hydrogen) atoms. The highest BCUT2D eigenvalue weighted by Gasteiger charge is 2.18. The predicted octanol–water partition coefficient (Wildman–Crippen LogP) is 3.46. The molecule has 0 saturated heterocycles. The normalized spacial score (nSPS) is 11.9. The second kappa shape index (κ2) is 8.29. The minimum atomic E-state index is -0.515. The van der Waals surface area contributed by atoms with Gasteiger partial charge in [-0.3, -0.25) is 4.79 Å². The number of carbonyl (C=O) groups is 2. The second-order valence-electron chi connectivity index (χ2n) is 7.72. The van der Waals surface area contributed by atoms with E-state index in [2.05, 4.69) is 5.32 Å². The zero-order valence-electron chi connectivity index (χ0n) is 15.6. The molecule has 0 fully saturated rings. The molecule has 0 amide bonds. The summed E-state index contributed by atoms with van der Waals surface area (Å²) in [6.45, 7) is 12.2. The first-order valence-electron chi connectivity index (χ1n) is 8.21. The molecule has 134 valence electrons. The molecule has 5 nitrogen and oxygen atoms in total. The van der Waals surface area contributed by atoms with Gasteiger partial charge in [-0.25, -0.2) is 4.79 Å². The SMILES string of the molecule is CC(C)(C)OC(=O)CCNCc1cccc(C(=O)OC(C)(C)C)c1. The minimum Gasteiger partial charge on any atom is -0.460 e. The summed E-state index contributed by atoms with van der Waals surface area (Å²) >= 11 is 0. The molecule has 5 heteroatoms. The van der Waals surface area contributed by atoms with Crippen LogP contribution in [0.15, 0.2) is 24.3 Å². The monoisotopic (exact) mass is 335 g/mol. The topological polar surface area (TPSA) is 64.6 Å². The zero-order valence-corrected chi connectivity index (χ0v) is 15.6. The van der Waals surface area contributed by atoms with Crippen molar-refractivity contribution in [1.82, 2.24) is 5.32 Å². The molecular weight excluding hydrogens is 306 g/mol. The van der Waals surface area contributed by atoms with Crippen molar-refractivity contribution >= 4 is 11.9 Å². The number of carbonyl (C=O) groups excluding carboxylic acids is 2. The molecule has 0 aromatic heterocycles. The van der Waals surface area contributed by atoms with Gasteiger partial charge in [0.1, 0.15) is 11.2 Å². The lowest BCUT2D eigenvalue weighted by Gasteiger charge is -2.20. The molecule has 0 radical (unpaired) electrons. The van der Waals surface area contributed by atoms with E-state index in [1.165, 1.54) is 0 Å². The number of rotatable bonds is 6. The number of esters is 2.